The van der Waals surface area contributed by atoms with Gasteiger partial charge in [0.15, 0.2) is 6.10 Å². The fraction of sp³-hybridized carbons (Fsp3) is 0.500. The first kappa shape index (κ1) is 17.8. The second kappa shape index (κ2) is 7.47. The van der Waals surface area contributed by atoms with Crippen molar-refractivity contribution in [2.45, 2.75) is 12.2 Å². The molecule has 0 aromatic rings. The molecule has 8 heteroatoms. The monoisotopic (exact) mass is 190 g/mol. The largest absolute Gasteiger partial charge is 1.00 e. The standard InChI is InChI=1S/C4H6O6.Na.H2O/c5-1(3(7)8)2(6)4(9)10;;/h1-2,5-6H,(H,7,8)(H,9,10);;1H2/q;+1;/p-1/t1-,2-;;/m0../s1. The topological polar surface area (TPSA) is 149 Å². The van der Waals surface area contributed by atoms with Crippen molar-refractivity contribution in [2.75, 3.05) is 0 Å². The molecule has 0 fully saturated rings. The zero-order chi connectivity index (χ0) is 8.31. The molecule has 0 heterocycles. The normalized spacial score (nSPS) is 13.2. The van der Waals surface area contributed by atoms with Gasteiger partial charge in [0.05, 0.1) is 5.97 Å². The van der Waals surface area contributed by atoms with Gasteiger partial charge in [-0.1, -0.05) is 0 Å². The minimum atomic E-state index is -2.38. The molecule has 0 amide bonds. The minimum absolute atomic E-state index is 0. The Morgan fingerprint density at radius 1 is 1.17 bits per heavy atom. The summed E-state index contributed by atoms with van der Waals surface area (Å²) in [5.41, 5.74) is 0. The summed E-state index contributed by atoms with van der Waals surface area (Å²) in [5.74, 6) is -3.83. The number of aliphatic carboxylic acids is 2. The van der Waals surface area contributed by atoms with Gasteiger partial charge in [-0.15, -0.1) is 0 Å². The van der Waals surface area contributed by atoms with Crippen molar-refractivity contribution in [3.05, 3.63) is 0 Å². The van der Waals surface area contributed by atoms with Gasteiger partial charge >= 0.3 is 35.5 Å². The smallest absolute Gasteiger partial charge is 0.547 e. The zero-order valence-electron chi connectivity index (χ0n) is 6.22. The number of aliphatic hydroxyl groups is 2. The molecule has 7 nitrogen and oxygen atoms in total. The van der Waals surface area contributed by atoms with Crippen LogP contribution in [-0.4, -0.2) is 44.9 Å². The fourth-order valence-electron chi connectivity index (χ4n) is 0.264. The number of rotatable bonds is 3. The Balaban J connectivity index is -0.000000405. The molecule has 0 bridgehead atoms. The van der Waals surface area contributed by atoms with Gasteiger partial charge < -0.3 is 30.7 Å². The first-order valence-electron chi connectivity index (χ1n) is 2.26. The van der Waals surface area contributed by atoms with Crippen molar-refractivity contribution in [1.82, 2.24) is 0 Å². The van der Waals surface area contributed by atoms with E-state index >= 15 is 0 Å². The molecule has 0 saturated heterocycles. The summed E-state index contributed by atoms with van der Waals surface area (Å²) in [5, 5.41) is 34.1. The van der Waals surface area contributed by atoms with Gasteiger partial charge in [-0.25, -0.2) is 4.79 Å². The average Bonchev–Trinajstić information content (AvgIpc) is 1.84. The van der Waals surface area contributed by atoms with Gasteiger partial charge in [-0.05, 0) is 0 Å². The predicted molar refractivity (Wildman–Crippen MR) is 28.3 cm³/mol. The van der Waals surface area contributed by atoms with Gasteiger partial charge in [0.2, 0.25) is 0 Å². The number of carbonyl (C=O) groups is 2. The zero-order valence-corrected chi connectivity index (χ0v) is 8.22. The molecule has 0 aromatic carbocycles. The van der Waals surface area contributed by atoms with Crippen LogP contribution >= 0.6 is 0 Å². The van der Waals surface area contributed by atoms with E-state index in [9.17, 15) is 14.7 Å². The summed E-state index contributed by atoms with van der Waals surface area (Å²) in [6.07, 6.45) is -4.71. The molecular weight excluding hydrogens is 183 g/mol. The first-order valence-corrected chi connectivity index (χ1v) is 2.26. The quantitative estimate of drug-likeness (QED) is 0.376. The number of carboxylic acids is 2. The maximum absolute atomic E-state index is 9.74. The van der Waals surface area contributed by atoms with Crippen LogP contribution in [0.2, 0.25) is 0 Å². The van der Waals surface area contributed by atoms with Gasteiger partial charge in [0, 0.05) is 0 Å². The summed E-state index contributed by atoms with van der Waals surface area (Å²) in [6, 6.07) is 0. The van der Waals surface area contributed by atoms with Crippen LogP contribution in [0, 0.1) is 0 Å². The van der Waals surface area contributed by atoms with Crippen LogP contribution in [0.4, 0.5) is 0 Å². The van der Waals surface area contributed by atoms with E-state index in [1.165, 1.54) is 0 Å². The number of hydrogen-bond acceptors (Lipinski definition) is 5. The molecule has 2 atom stereocenters. The summed E-state index contributed by atoms with van der Waals surface area (Å²) in [6.45, 7) is 0. The molecule has 12 heavy (non-hydrogen) atoms. The van der Waals surface area contributed by atoms with Crippen LogP contribution in [0.25, 0.3) is 0 Å². The van der Waals surface area contributed by atoms with Gasteiger partial charge in [0.1, 0.15) is 6.10 Å². The first-order chi connectivity index (χ1) is 4.46. The second-order valence-corrected chi connectivity index (χ2v) is 1.55. The summed E-state index contributed by atoms with van der Waals surface area (Å²) in [7, 11) is 0. The van der Waals surface area contributed by atoms with E-state index in [-0.39, 0.29) is 35.0 Å². The van der Waals surface area contributed by atoms with E-state index in [0.29, 0.717) is 0 Å². The van der Waals surface area contributed by atoms with Crippen molar-refractivity contribution in [2.24, 2.45) is 0 Å². The van der Waals surface area contributed by atoms with Crippen molar-refractivity contribution in [1.29, 1.82) is 0 Å². The van der Waals surface area contributed by atoms with Gasteiger partial charge in [0.25, 0.3) is 0 Å². The molecule has 0 aliphatic carbocycles. The third-order valence-electron chi connectivity index (χ3n) is 0.794. The molecule has 66 valence electrons. The molecule has 0 saturated carbocycles. The number of hydrogen-bond donors (Lipinski definition) is 3. The van der Waals surface area contributed by atoms with E-state index in [1.807, 2.05) is 0 Å². The summed E-state index contributed by atoms with van der Waals surface area (Å²) in [4.78, 5) is 19.4. The Bertz CT molecular complexity index is 139. The van der Waals surface area contributed by atoms with Crippen LogP contribution in [0.5, 0.6) is 0 Å². The number of carboxylic acid groups (broad SMARTS) is 2. The number of aliphatic hydroxyl groups excluding tert-OH is 2. The Morgan fingerprint density at radius 3 is 1.58 bits per heavy atom. The van der Waals surface area contributed by atoms with E-state index in [4.69, 9.17) is 15.3 Å². The maximum atomic E-state index is 9.74. The van der Waals surface area contributed by atoms with Gasteiger partial charge in [-0.3, -0.25) is 0 Å². The predicted octanol–water partition coefficient (Wildman–Crippen LogP) is -7.28. The van der Waals surface area contributed by atoms with Crippen LogP contribution in [0.1, 0.15) is 0 Å². The third kappa shape index (κ3) is 5.47. The average molecular weight is 190 g/mol. The molecule has 0 aliphatic rings. The van der Waals surface area contributed by atoms with Crippen molar-refractivity contribution in [3.8, 4) is 0 Å². The molecule has 0 aromatic heterocycles. The second-order valence-electron chi connectivity index (χ2n) is 1.55. The summed E-state index contributed by atoms with van der Waals surface area (Å²) < 4.78 is 0. The summed E-state index contributed by atoms with van der Waals surface area (Å²) >= 11 is 0. The molecule has 5 N–H and O–H groups in total. The van der Waals surface area contributed by atoms with Crippen molar-refractivity contribution < 1.29 is 65.0 Å². The fourth-order valence-corrected chi connectivity index (χ4v) is 0.264. The Kier molecular flexibility index (Phi) is 11.1. The van der Waals surface area contributed by atoms with E-state index in [2.05, 4.69) is 0 Å². The van der Waals surface area contributed by atoms with Crippen LogP contribution < -0.4 is 34.7 Å². The maximum Gasteiger partial charge on any atom is 1.00 e. The van der Waals surface area contributed by atoms with Crippen LogP contribution in [0.3, 0.4) is 0 Å². The Morgan fingerprint density at radius 2 is 1.50 bits per heavy atom. The van der Waals surface area contributed by atoms with Crippen LogP contribution in [0.15, 0.2) is 0 Å². The van der Waals surface area contributed by atoms with Crippen molar-refractivity contribution in [3.63, 3.8) is 0 Å². The third-order valence-corrected chi connectivity index (χ3v) is 0.794. The number of carbonyl (C=O) groups excluding carboxylic acids is 1. The van der Waals surface area contributed by atoms with E-state index in [0.717, 1.165) is 0 Å². The Hall–Kier alpha value is -0.180. The SMILES string of the molecule is O.O=C([O-])[C@@H](O)[C@H](O)C(=O)O.[Na+]. The molecular formula is C4H7NaO7. The Labute approximate surface area is 89.2 Å². The minimum Gasteiger partial charge on any atom is -0.547 e. The van der Waals surface area contributed by atoms with Gasteiger partial charge in [-0.2, -0.15) is 0 Å². The molecule has 0 spiro atoms. The molecule has 0 radical (unpaired) electrons. The molecule has 0 aliphatic heterocycles. The van der Waals surface area contributed by atoms with E-state index in [1.54, 1.807) is 0 Å². The van der Waals surface area contributed by atoms with Crippen LogP contribution in [-0.2, 0) is 9.59 Å². The molecule has 0 unspecified atom stereocenters. The van der Waals surface area contributed by atoms with E-state index < -0.39 is 24.1 Å². The van der Waals surface area contributed by atoms with Crippen molar-refractivity contribution >= 4 is 11.9 Å². The molecule has 0 rings (SSSR count).